The highest BCUT2D eigenvalue weighted by Crippen LogP contribution is 2.39. The predicted octanol–water partition coefficient (Wildman–Crippen LogP) is 6.60. The second kappa shape index (κ2) is 10.4. The van der Waals surface area contributed by atoms with Crippen LogP contribution in [0.25, 0.3) is 4.48 Å². The van der Waals surface area contributed by atoms with Gasteiger partial charge in [0.15, 0.2) is 0 Å². The lowest BCUT2D eigenvalue weighted by molar-refractivity contribution is 0.0129. The number of aliphatic imine (C=N–C) groups is 1. The van der Waals surface area contributed by atoms with Crippen molar-refractivity contribution >= 4 is 43.8 Å². The van der Waals surface area contributed by atoms with E-state index in [1.165, 1.54) is 0 Å². The molecule has 0 saturated carbocycles. The largest absolute Gasteiger partial charge is 0.444 e. The third-order valence-corrected chi connectivity index (χ3v) is 6.55. The minimum atomic E-state index is -0.505. The summed E-state index contributed by atoms with van der Waals surface area (Å²) in [5.41, 5.74) is 3.82. The van der Waals surface area contributed by atoms with E-state index in [1.54, 1.807) is 11.1 Å². The van der Waals surface area contributed by atoms with Crippen molar-refractivity contribution in [3.05, 3.63) is 64.9 Å². The molecule has 0 spiro atoms. The maximum atomic E-state index is 12.6. The molecule has 32 heavy (non-hydrogen) atoms. The number of halogens is 2. The van der Waals surface area contributed by atoms with Gasteiger partial charge in [0, 0.05) is 41.9 Å². The molecule has 1 fully saturated rings. The van der Waals surface area contributed by atoms with Crippen molar-refractivity contribution in [2.45, 2.75) is 45.8 Å². The van der Waals surface area contributed by atoms with Gasteiger partial charge in [0.1, 0.15) is 5.60 Å². The number of piperazine rings is 1. The van der Waals surface area contributed by atoms with E-state index >= 15 is 0 Å². The fourth-order valence-electron chi connectivity index (χ4n) is 4.09. The van der Waals surface area contributed by atoms with E-state index in [1.807, 2.05) is 39.8 Å². The van der Waals surface area contributed by atoms with Crippen LogP contribution in [-0.4, -0.2) is 53.4 Å². The number of carbonyl (C=O) groups excluding carboxylic acids is 1. The standard InChI is InChI=1S/C25H31BrClN3O2/c1-6-17-8-11-21(26)20-16-18(27)9-10-19(20)23(22(17)28-7-2)29-12-14-30(15-13-29)24(31)32-25(3,4)5/h6-7,9-11,16,23H,2,8,12-15H2,1,3-5H3/b17-6-,21-11+,28-22?. The van der Waals surface area contributed by atoms with Crippen LogP contribution in [0.3, 0.4) is 0 Å². The highest BCUT2D eigenvalue weighted by molar-refractivity contribution is 9.15. The smallest absolute Gasteiger partial charge is 0.410 e. The number of allylic oxidation sites excluding steroid dienone is 2. The van der Waals surface area contributed by atoms with Crippen molar-refractivity contribution in [2.75, 3.05) is 26.2 Å². The van der Waals surface area contributed by atoms with Crippen LogP contribution in [0.2, 0.25) is 5.02 Å². The fourth-order valence-corrected chi connectivity index (χ4v) is 4.76. The summed E-state index contributed by atoms with van der Waals surface area (Å²) in [4.78, 5) is 21.4. The number of carbonyl (C=O) groups is 1. The van der Waals surface area contributed by atoms with Crippen LogP contribution in [0.4, 0.5) is 4.79 Å². The van der Waals surface area contributed by atoms with Gasteiger partial charge in [-0.05, 0) is 62.9 Å². The van der Waals surface area contributed by atoms with Gasteiger partial charge in [-0.25, -0.2) is 4.79 Å². The molecular weight excluding hydrogens is 490 g/mol. The van der Waals surface area contributed by atoms with E-state index in [4.69, 9.17) is 21.3 Å². The summed E-state index contributed by atoms with van der Waals surface area (Å²) in [6, 6.07) is 5.92. The van der Waals surface area contributed by atoms with Gasteiger partial charge in [-0.3, -0.25) is 9.89 Å². The van der Waals surface area contributed by atoms with Gasteiger partial charge in [0.25, 0.3) is 0 Å². The van der Waals surface area contributed by atoms with Crippen LogP contribution in [-0.2, 0) is 4.74 Å². The van der Waals surface area contributed by atoms with Gasteiger partial charge in [-0.1, -0.05) is 52.3 Å². The molecule has 7 heteroatoms. The normalized spacial score (nSPS) is 24.4. The van der Waals surface area contributed by atoms with Gasteiger partial charge < -0.3 is 9.64 Å². The lowest BCUT2D eigenvalue weighted by atomic mass is 9.87. The summed E-state index contributed by atoms with van der Waals surface area (Å²) in [6.07, 6.45) is 6.37. The van der Waals surface area contributed by atoms with Crippen LogP contribution in [0.5, 0.6) is 0 Å². The second-order valence-electron chi connectivity index (χ2n) is 8.90. The van der Waals surface area contributed by atoms with Crippen LogP contribution in [0.15, 0.2) is 53.7 Å². The summed E-state index contributed by atoms with van der Waals surface area (Å²) >= 11 is 10.1. The molecule has 1 aliphatic carbocycles. The van der Waals surface area contributed by atoms with E-state index in [0.29, 0.717) is 31.2 Å². The van der Waals surface area contributed by atoms with Crippen LogP contribution in [0.1, 0.15) is 51.3 Å². The third kappa shape index (κ3) is 5.72. The van der Waals surface area contributed by atoms with Crippen LogP contribution in [0, 0.1) is 0 Å². The van der Waals surface area contributed by atoms with Crippen molar-refractivity contribution in [1.82, 2.24) is 9.80 Å². The molecule has 0 radical (unpaired) electrons. The predicted molar refractivity (Wildman–Crippen MR) is 136 cm³/mol. The summed E-state index contributed by atoms with van der Waals surface area (Å²) in [5.74, 6) is 0. The monoisotopic (exact) mass is 519 g/mol. The Kier molecular flexibility index (Phi) is 8.01. The maximum Gasteiger partial charge on any atom is 0.410 e. The van der Waals surface area contributed by atoms with Crippen molar-refractivity contribution in [2.24, 2.45) is 4.99 Å². The van der Waals surface area contributed by atoms with E-state index < -0.39 is 5.60 Å². The summed E-state index contributed by atoms with van der Waals surface area (Å²) in [5, 5.41) is 0.691. The summed E-state index contributed by atoms with van der Waals surface area (Å²) in [7, 11) is 0. The molecule has 3 rings (SSSR count). The lowest BCUT2D eigenvalue weighted by Crippen LogP contribution is -2.52. The van der Waals surface area contributed by atoms with Gasteiger partial charge in [-0.15, -0.1) is 0 Å². The SMILES string of the molecule is C=CN=C1/C(=C\C)C/C=C(/Br)c2cc(Cl)ccc2C1N1CCN(C(=O)OC(C)(C)C)CC1. The van der Waals surface area contributed by atoms with E-state index in [2.05, 4.69) is 45.6 Å². The molecule has 5 nitrogen and oxygen atoms in total. The Hall–Kier alpha value is -1.89. The fraction of sp³-hybridized carbons (Fsp3) is 0.440. The number of rotatable bonds is 2. The molecule has 1 atom stereocenters. The minimum Gasteiger partial charge on any atom is -0.444 e. The number of hydrogen-bond acceptors (Lipinski definition) is 4. The Morgan fingerprint density at radius 3 is 2.56 bits per heavy atom. The molecule has 2 aliphatic rings. The maximum absolute atomic E-state index is 12.6. The highest BCUT2D eigenvalue weighted by atomic mass is 79.9. The van der Waals surface area contributed by atoms with E-state index in [0.717, 1.165) is 33.3 Å². The highest BCUT2D eigenvalue weighted by Gasteiger charge is 2.34. The van der Waals surface area contributed by atoms with Crippen LogP contribution >= 0.6 is 27.5 Å². The molecule has 172 valence electrons. The van der Waals surface area contributed by atoms with Gasteiger partial charge in [-0.2, -0.15) is 0 Å². The molecule has 1 aliphatic heterocycles. The summed E-state index contributed by atoms with van der Waals surface area (Å²) in [6.45, 7) is 14.2. The molecule has 1 saturated heterocycles. The first-order chi connectivity index (χ1) is 15.1. The second-order valence-corrected chi connectivity index (χ2v) is 10.2. The molecule has 1 heterocycles. The number of fused-ring (bicyclic) bond motifs is 1. The third-order valence-electron chi connectivity index (χ3n) is 5.57. The first-order valence-electron chi connectivity index (χ1n) is 10.9. The first-order valence-corrected chi connectivity index (χ1v) is 12.0. The van der Waals surface area contributed by atoms with Crippen molar-refractivity contribution in [1.29, 1.82) is 0 Å². The first kappa shape index (κ1) is 24.7. The number of ether oxygens (including phenoxy) is 1. The Morgan fingerprint density at radius 2 is 1.97 bits per heavy atom. The topological polar surface area (TPSA) is 45.1 Å². The Labute approximate surface area is 204 Å². The number of amides is 1. The molecule has 1 aromatic carbocycles. The number of hydrogen-bond donors (Lipinski definition) is 0. The number of nitrogens with zero attached hydrogens (tertiary/aromatic N) is 3. The molecule has 0 bridgehead atoms. The zero-order valence-electron chi connectivity index (χ0n) is 19.2. The molecule has 0 aromatic heterocycles. The van der Waals surface area contributed by atoms with Crippen molar-refractivity contribution in [3.63, 3.8) is 0 Å². The Bertz CT molecular complexity index is 970. The van der Waals surface area contributed by atoms with E-state index in [-0.39, 0.29) is 12.1 Å². The zero-order chi connectivity index (χ0) is 23.5. The lowest BCUT2D eigenvalue weighted by Gasteiger charge is -2.41. The van der Waals surface area contributed by atoms with Crippen LogP contribution < -0.4 is 0 Å². The number of benzene rings is 1. The van der Waals surface area contributed by atoms with Crippen molar-refractivity contribution < 1.29 is 9.53 Å². The average molecular weight is 521 g/mol. The molecule has 1 aromatic rings. The van der Waals surface area contributed by atoms with Crippen molar-refractivity contribution in [3.8, 4) is 0 Å². The minimum absolute atomic E-state index is 0.0755. The Balaban J connectivity index is 1.98. The molecular formula is C25H31BrClN3O2. The molecule has 1 amide bonds. The Morgan fingerprint density at radius 1 is 1.28 bits per heavy atom. The van der Waals surface area contributed by atoms with Gasteiger partial charge >= 0.3 is 6.09 Å². The van der Waals surface area contributed by atoms with Gasteiger partial charge in [0.05, 0.1) is 11.8 Å². The van der Waals surface area contributed by atoms with E-state index in [9.17, 15) is 4.79 Å². The molecule has 0 N–H and O–H groups in total. The molecule has 1 unspecified atom stereocenters. The summed E-state index contributed by atoms with van der Waals surface area (Å²) < 4.78 is 6.58. The van der Waals surface area contributed by atoms with Gasteiger partial charge in [0.2, 0.25) is 0 Å². The average Bonchev–Trinajstić information content (AvgIpc) is 2.73. The zero-order valence-corrected chi connectivity index (χ0v) is 21.5. The quantitative estimate of drug-likeness (QED) is 0.441.